The number of nitrogens with zero attached hydrogens (tertiary/aromatic N) is 3. The molecule has 0 amide bonds. The highest BCUT2D eigenvalue weighted by molar-refractivity contribution is 9.08. The van der Waals surface area contributed by atoms with Crippen LogP contribution in [0.3, 0.4) is 0 Å². The molecule has 0 saturated heterocycles. The maximum absolute atomic E-state index is 11.2. The van der Waals surface area contributed by atoms with Crippen molar-refractivity contribution in [1.29, 1.82) is 0 Å². The van der Waals surface area contributed by atoms with Gasteiger partial charge in [0.05, 0.1) is 22.3 Å². The predicted molar refractivity (Wildman–Crippen MR) is 91.0 cm³/mol. The minimum Gasteiger partial charge on any atom is -0.367 e. The fraction of sp³-hybridized carbons (Fsp3) is 0.267. The third kappa shape index (κ3) is 2.44. The summed E-state index contributed by atoms with van der Waals surface area (Å²) in [7, 11) is 0. The van der Waals surface area contributed by atoms with Crippen molar-refractivity contribution in [2.45, 2.75) is 24.2 Å². The zero-order valence-electron chi connectivity index (χ0n) is 11.6. The van der Waals surface area contributed by atoms with E-state index in [-0.39, 0.29) is 0 Å². The summed E-state index contributed by atoms with van der Waals surface area (Å²) in [6.45, 7) is 0. The molecule has 0 atom stereocenters. The van der Waals surface area contributed by atoms with Gasteiger partial charge in [-0.05, 0) is 25.0 Å². The molecule has 0 bridgehead atoms. The van der Waals surface area contributed by atoms with Gasteiger partial charge < -0.3 is 5.32 Å². The number of carbonyl (C=O) groups excluding carboxylic acids is 1. The van der Waals surface area contributed by atoms with Gasteiger partial charge in [-0.25, -0.2) is 4.98 Å². The van der Waals surface area contributed by atoms with Crippen LogP contribution in [0.5, 0.6) is 0 Å². The number of thiophene rings is 1. The molecule has 0 radical (unpaired) electrons. The first-order valence-corrected chi connectivity index (χ1v) is 8.98. The van der Waals surface area contributed by atoms with E-state index in [9.17, 15) is 4.79 Å². The Hall–Kier alpha value is -1.73. The van der Waals surface area contributed by atoms with Gasteiger partial charge in [-0.2, -0.15) is 9.61 Å². The van der Waals surface area contributed by atoms with Gasteiger partial charge in [0, 0.05) is 22.3 Å². The molecular weight excluding hydrogens is 364 g/mol. The van der Waals surface area contributed by atoms with Crippen LogP contribution in [-0.2, 0) is 5.33 Å². The molecule has 1 aliphatic carbocycles. The van der Waals surface area contributed by atoms with E-state index in [1.54, 1.807) is 22.0 Å². The Morgan fingerprint density at radius 2 is 2.32 bits per heavy atom. The number of hydrogen-bond acceptors (Lipinski definition) is 5. The van der Waals surface area contributed by atoms with Crippen molar-refractivity contribution in [1.82, 2.24) is 14.6 Å². The summed E-state index contributed by atoms with van der Waals surface area (Å²) in [6, 6.07) is 6.67. The lowest BCUT2D eigenvalue weighted by Crippen LogP contribution is -2.08. The van der Waals surface area contributed by atoms with Crippen LogP contribution >= 0.6 is 27.3 Å². The summed E-state index contributed by atoms with van der Waals surface area (Å²) in [5.41, 5.74) is 1.99. The van der Waals surface area contributed by atoms with Gasteiger partial charge in [0.2, 0.25) is 0 Å². The van der Waals surface area contributed by atoms with Crippen molar-refractivity contribution >= 4 is 45.0 Å². The maximum atomic E-state index is 11.2. The molecule has 3 heterocycles. The molecule has 0 aromatic carbocycles. The maximum Gasteiger partial charge on any atom is 0.168 e. The Morgan fingerprint density at radius 3 is 3.00 bits per heavy atom. The number of aldehydes is 1. The summed E-state index contributed by atoms with van der Waals surface area (Å²) < 4.78 is 1.71. The molecule has 1 aliphatic rings. The van der Waals surface area contributed by atoms with Crippen molar-refractivity contribution in [2.24, 2.45) is 0 Å². The van der Waals surface area contributed by atoms with Crippen molar-refractivity contribution < 1.29 is 4.79 Å². The van der Waals surface area contributed by atoms with Crippen molar-refractivity contribution in [3.63, 3.8) is 0 Å². The fourth-order valence-electron chi connectivity index (χ4n) is 2.32. The SMILES string of the molecule is O=Cc1cnn2c(NC3CC3)cc(-c3ccc(CBr)s3)nc12. The van der Waals surface area contributed by atoms with Gasteiger partial charge in [-0.3, -0.25) is 4.79 Å². The topological polar surface area (TPSA) is 59.3 Å². The molecule has 0 unspecified atom stereocenters. The average Bonchev–Trinajstić information content (AvgIpc) is 3.07. The lowest BCUT2D eigenvalue weighted by molar-refractivity contribution is 0.112. The molecule has 1 N–H and O–H groups in total. The second-order valence-electron chi connectivity index (χ2n) is 5.30. The molecule has 3 aromatic rings. The number of rotatable bonds is 5. The molecule has 1 fully saturated rings. The van der Waals surface area contributed by atoms with Crippen LogP contribution in [0.4, 0.5) is 5.82 Å². The highest BCUT2D eigenvalue weighted by Gasteiger charge is 2.23. The van der Waals surface area contributed by atoms with E-state index >= 15 is 0 Å². The number of fused-ring (bicyclic) bond motifs is 1. The summed E-state index contributed by atoms with van der Waals surface area (Å²) in [5.74, 6) is 0.893. The summed E-state index contributed by atoms with van der Waals surface area (Å²) in [5, 5.41) is 8.58. The molecule has 0 aliphatic heterocycles. The van der Waals surface area contributed by atoms with Crippen molar-refractivity contribution in [2.75, 3.05) is 5.32 Å². The van der Waals surface area contributed by atoms with E-state index in [2.05, 4.69) is 43.5 Å². The van der Waals surface area contributed by atoms with E-state index in [0.717, 1.165) is 28.0 Å². The molecule has 3 aromatic heterocycles. The predicted octanol–water partition coefficient (Wildman–Crippen LogP) is 3.74. The minimum atomic E-state index is 0.503. The Kier molecular flexibility index (Phi) is 3.46. The largest absolute Gasteiger partial charge is 0.367 e. The van der Waals surface area contributed by atoms with E-state index < -0.39 is 0 Å². The van der Waals surface area contributed by atoms with Crippen LogP contribution in [0, 0.1) is 0 Å². The number of anilines is 1. The molecule has 112 valence electrons. The first kappa shape index (κ1) is 13.9. The van der Waals surface area contributed by atoms with E-state index in [0.29, 0.717) is 17.3 Å². The number of carbonyl (C=O) groups is 1. The number of aromatic nitrogens is 3. The highest BCUT2D eigenvalue weighted by Crippen LogP contribution is 2.32. The zero-order chi connectivity index (χ0) is 15.1. The van der Waals surface area contributed by atoms with E-state index in [1.165, 1.54) is 17.7 Å². The zero-order valence-corrected chi connectivity index (χ0v) is 14.0. The molecule has 4 rings (SSSR count). The molecule has 7 heteroatoms. The number of hydrogen-bond donors (Lipinski definition) is 1. The third-order valence-corrected chi connectivity index (χ3v) is 5.68. The Labute approximate surface area is 139 Å². The fourth-order valence-corrected chi connectivity index (χ4v) is 3.66. The van der Waals surface area contributed by atoms with Crippen LogP contribution in [0.15, 0.2) is 24.4 Å². The number of nitrogens with one attached hydrogen (secondary N) is 1. The second-order valence-corrected chi connectivity index (χ2v) is 7.03. The van der Waals surface area contributed by atoms with Gasteiger partial charge in [0.15, 0.2) is 11.9 Å². The standard InChI is InChI=1S/C15H13BrN4OS/c16-6-11-3-4-13(22-11)12-5-14(18-10-1-2-10)20-15(19-12)9(8-21)7-17-20/h3-5,7-8,10,18H,1-2,6H2. The van der Waals surface area contributed by atoms with Crippen LogP contribution in [0.1, 0.15) is 28.1 Å². The van der Waals surface area contributed by atoms with Gasteiger partial charge in [0.25, 0.3) is 0 Å². The van der Waals surface area contributed by atoms with E-state index in [1.807, 2.05) is 6.07 Å². The Morgan fingerprint density at radius 1 is 1.45 bits per heavy atom. The average molecular weight is 377 g/mol. The van der Waals surface area contributed by atoms with E-state index in [4.69, 9.17) is 0 Å². The second kappa shape index (κ2) is 5.48. The summed E-state index contributed by atoms with van der Waals surface area (Å²) >= 11 is 5.17. The Bertz CT molecular complexity index is 852. The van der Waals surface area contributed by atoms with Crippen LogP contribution in [0.2, 0.25) is 0 Å². The molecule has 0 spiro atoms. The van der Waals surface area contributed by atoms with Gasteiger partial charge in [-0.1, -0.05) is 15.9 Å². The molecule has 22 heavy (non-hydrogen) atoms. The number of halogens is 1. The lowest BCUT2D eigenvalue weighted by Gasteiger charge is -2.09. The molecular formula is C15H13BrN4OS. The summed E-state index contributed by atoms with van der Waals surface area (Å²) in [4.78, 5) is 18.2. The van der Waals surface area contributed by atoms with Crippen LogP contribution < -0.4 is 5.32 Å². The monoisotopic (exact) mass is 376 g/mol. The van der Waals surface area contributed by atoms with Gasteiger partial charge in [-0.15, -0.1) is 11.3 Å². The summed E-state index contributed by atoms with van der Waals surface area (Å²) in [6.07, 6.45) is 4.72. The normalized spacial score (nSPS) is 14.4. The van der Waals surface area contributed by atoms with Gasteiger partial charge >= 0.3 is 0 Å². The van der Waals surface area contributed by atoms with Crippen molar-refractivity contribution in [3.05, 3.63) is 34.8 Å². The van der Waals surface area contributed by atoms with Crippen LogP contribution in [0.25, 0.3) is 16.2 Å². The van der Waals surface area contributed by atoms with Crippen LogP contribution in [-0.4, -0.2) is 26.9 Å². The Balaban J connectivity index is 1.87. The number of alkyl halides is 1. The minimum absolute atomic E-state index is 0.503. The third-order valence-electron chi connectivity index (χ3n) is 3.60. The van der Waals surface area contributed by atoms with Crippen molar-refractivity contribution in [3.8, 4) is 10.6 Å². The lowest BCUT2D eigenvalue weighted by atomic mass is 10.3. The van der Waals surface area contributed by atoms with Gasteiger partial charge in [0.1, 0.15) is 5.82 Å². The molecule has 5 nitrogen and oxygen atoms in total. The first-order chi connectivity index (χ1) is 10.8. The smallest absolute Gasteiger partial charge is 0.168 e. The quantitative estimate of drug-likeness (QED) is 0.544. The molecule has 1 saturated carbocycles. The highest BCUT2D eigenvalue weighted by atomic mass is 79.9. The first-order valence-electron chi connectivity index (χ1n) is 7.04.